The van der Waals surface area contributed by atoms with Crippen LogP contribution in [0, 0.1) is 0 Å². The first-order chi connectivity index (χ1) is 14.1. The van der Waals surface area contributed by atoms with Gasteiger partial charge in [0.1, 0.15) is 11.6 Å². The summed E-state index contributed by atoms with van der Waals surface area (Å²) in [5.41, 5.74) is 1.53. The molecule has 150 valence electrons. The quantitative estimate of drug-likeness (QED) is 0.431. The van der Waals surface area contributed by atoms with Crippen LogP contribution in [0.15, 0.2) is 59.8 Å². The second kappa shape index (κ2) is 9.88. The van der Waals surface area contributed by atoms with Crippen LogP contribution < -0.4 is 10.1 Å². The summed E-state index contributed by atoms with van der Waals surface area (Å²) in [5, 5.41) is 12.0. The van der Waals surface area contributed by atoms with E-state index in [1.165, 1.54) is 18.7 Å². The monoisotopic (exact) mass is 410 g/mol. The molecular formula is C21H22N4O3S. The molecule has 0 radical (unpaired) electrons. The van der Waals surface area contributed by atoms with E-state index in [0.29, 0.717) is 29.5 Å². The number of benzene rings is 2. The van der Waals surface area contributed by atoms with Crippen LogP contribution in [0.2, 0.25) is 0 Å². The lowest BCUT2D eigenvalue weighted by Gasteiger charge is -2.11. The van der Waals surface area contributed by atoms with E-state index in [1.807, 2.05) is 47.0 Å². The summed E-state index contributed by atoms with van der Waals surface area (Å²) in [4.78, 5) is 23.6. The number of ketones is 1. The molecule has 0 unspecified atom stereocenters. The smallest absolute Gasteiger partial charge is 0.216 e. The Labute approximate surface area is 173 Å². The van der Waals surface area contributed by atoms with Crippen molar-refractivity contribution in [3.8, 4) is 11.4 Å². The fourth-order valence-corrected chi connectivity index (χ4v) is 3.60. The standard InChI is InChI=1S/C21H22N4O3S/c1-15(26)22-13-12-20-23-24-21(25(20)17-8-10-18(28-2)11-9-17)29-14-19(27)16-6-4-3-5-7-16/h3-11H,12-14H2,1-2H3,(H,22,26). The molecular weight excluding hydrogens is 388 g/mol. The normalized spacial score (nSPS) is 10.6. The van der Waals surface area contributed by atoms with Gasteiger partial charge in [-0.3, -0.25) is 14.2 Å². The second-order valence-electron chi connectivity index (χ2n) is 6.24. The molecule has 29 heavy (non-hydrogen) atoms. The minimum Gasteiger partial charge on any atom is -0.497 e. The molecule has 0 bridgehead atoms. The molecule has 1 heterocycles. The van der Waals surface area contributed by atoms with E-state index in [1.54, 1.807) is 19.2 Å². The Kier molecular flexibility index (Phi) is 7.02. The molecule has 7 nitrogen and oxygen atoms in total. The molecule has 1 N–H and O–H groups in total. The number of carbonyl (C=O) groups is 2. The lowest BCUT2D eigenvalue weighted by molar-refractivity contribution is -0.118. The van der Waals surface area contributed by atoms with Crippen LogP contribution in [0.3, 0.4) is 0 Å². The summed E-state index contributed by atoms with van der Waals surface area (Å²) in [6, 6.07) is 16.7. The van der Waals surface area contributed by atoms with E-state index >= 15 is 0 Å². The number of ether oxygens (including phenoxy) is 1. The molecule has 3 rings (SSSR count). The number of Topliss-reactive ketones (excluding diaryl/α,β-unsaturated/α-hetero) is 1. The summed E-state index contributed by atoms with van der Waals surface area (Å²) in [7, 11) is 1.61. The van der Waals surface area contributed by atoms with Gasteiger partial charge in [-0.2, -0.15) is 0 Å². The summed E-state index contributed by atoms with van der Waals surface area (Å²) < 4.78 is 7.14. The number of hydrogen-bond donors (Lipinski definition) is 1. The Morgan fingerprint density at radius 2 is 1.79 bits per heavy atom. The van der Waals surface area contributed by atoms with Crippen molar-refractivity contribution in [1.29, 1.82) is 0 Å². The minimum absolute atomic E-state index is 0.0275. The zero-order valence-corrected chi connectivity index (χ0v) is 17.1. The lowest BCUT2D eigenvalue weighted by Crippen LogP contribution is -2.23. The Morgan fingerprint density at radius 3 is 2.45 bits per heavy atom. The molecule has 1 amide bonds. The van der Waals surface area contributed by atoms with Crippen molar-refractivity contribution in [2.24, 2.45) is 0 Å². The second-order valence-corrected chi connectivity index (χ2v) is 7.19. The van der Waals surface area contributed by atoms with Gasteiger partial charge < -0.3 is 10.1 Å². The third-order valence-electron chi connectivity index (χ3n) is 4.18. The molecule has 0 atom stereocenters. The van der Waals surface area contributed by atoms with Crippen LogP contribution >= 0.6 is 11.8 Å². The molecule has 0 saturated carbocycles. The number of amides is 1. The number of nitrogens with one attached hydrogen (secondary N) is 1. The van der Waals surface area contributed by atoms with E-state index in [2.05, 4.69) is 15.5 Å². The third-order valence-corrected chi connectivity index (χ3v) is 5.11. The zero-order chi connectivity index (χ0) is 20.6. The molecule has 0 aliphatic heterocycles. The number of rotatable bonds is 9. The van der Waals surface area contributed by atoms with Gasteiger partial charge in [0.05, 0.1) is 12.9 Å². The first-order valence-electron chi connectivity index (χ1n) is 9.12. The summed E-state index contributed by atoms with van der Waals surface area (Å²) in [6.45, 7) is 1.93. The highest BCUT2D eigenvalue weighted by Gasteiger charge is 2.16. The van der Waals surface area contributed by atoms with Crippen LogP contribution in [0.25, 0.3) is 5.69 Å². The van der Waals surface area contributed by atoms with Crippen LogP contribution in [-0.4, -0.2) is 45.9 Å². The Bertz CT molecular complexity index is 971. The first kappa shape index (κ1) is 20.6. The minimum atomic E-state index is -0.0939. The van der Waals surface area contributed by atoms with E-state index in [0.717, 1.165) is 11.4 Å². The molecule has 0 saturated heterocycles. The highest BCUT2D eigenvalue weighted by atomic mass is 32.2. The number of hydrogen-bond acceptors (Lipinski definition) is 6. The van der Waals surface area contributed by atoms with Gasteiger partial charge in [0.2, 0.25) is 5.91 Å². The van der Waals surface area contributed by atoms with Gasteiger partial charge >= 0.3 is 0 Å². The molecule has 0 aliphatic rings. The van der Waals surface area contributed by atoms with Crippen molar-refractivity contribution in [3.63, 3.8) is 0 Å². The maximum Gasteiger partial charge on any atom is 0.216 e. The van der Waals surface area contributed by atoms with Gasteiger partial charge in [0.15, 0.2) is 10.9 Å². The zero-order valence-electron chi connectivity index (χ0n) is 16.3. The van der Waals surface area contributed by atoms with E-state index in [9.17, 15) is 9.59 Å². The van der Waals surface area contributed by atoms with Gasteiger partial charge in [-0.1, -0.05) is 42.1 Å². The summed E-state index contributed by atoms with van der Waals surface area (Å²) in [5.74, 6) is 1.64. The SMILES string of the molecule is COc1ccc(-n2c(CCNC(C)=O)nnc2SCC(=O)c2ccccc2)cc1. The molecule has 0 aliphatic carbocycles. The largest absolute Gasteiger partial charge is 0.497 e. The summed E-state index contributed by atoms with van der Waals surface area (Å²) >= 11 is 1.34. The average Bonchev–Trinajstić information content (AvgIpc) is 3.15. The molecule has 0 fully saturated rings. The molecule has 3 aromatic rings. The Morgan fingerprint density at radius 1 is 1.07 bits per heavy atom. The maximum absolute atomic E-state index is 12.5. The Balaban J connectivity index is 1.82. The van der Waals surface area contributed by atoms with Crippen LogP contribution in [-0.2, 0) is 11.2 Å². The first-order valence-corrected chi connectivity index (χ1v) is 10.1. The fraction of sp³-hybridized carbons (Fsp3) is 0.238. The highest BCUT2D eigenvalue weighted by Crippen LogP contribution is 2.24. The van der Waals surface area contributed by atoms with Crippen molar-refractivity contribution in [1.82, 2.24) is 20.1 Å². The lowest BCUT2D eigenvalue weighted by atomic mass is 10.2. The van der Waals surface area contributed by atoms with Crippen molar-refractivity contribution >= 4 is 23.5 Å². The predicted octanol–water partition coefficient (Wildman–Crippen LogP) is 2.93. The average molecular weight is 410 g/mol. The van der Waals surface area contributed by atoms with Crippen molar-refractivity contribution in [2.45, 2.75) is 18.5 Å². The van der Waals surface area contributed by atoms with Crippen LogP contribution in [0.4, 0.5) is 0 Å². The number of thioether (sulfide) groups is 1. The number of aromatic nitrogens is 3. The van der Waals surface area contributed by atoms with Crippen LogP contribution in [0.1, 0.15) is 23.1 Å². The third kappa shape index (κ3) is 5.45. The van der Waals surface area contributed by atoms with Gasteiger partial charge in [-0.05, 0) is 24.3 Å². The maximum atomic E-state index is 12.5. The molecule has 2 aromatic carbocycles. The van der Waals surface area contributed by atoms with Crippen molar-refractivity contribution < 1.29 is 14.3 Å². The van der Waals surface area contributed by atoms with Crippen molar-refractivity contribution in [3.05, 3.63) is 66.0 Å². The molecule has 1 aromatic heterocycles. The highest BCUT2D eigenvalue weighted by molar-refractivity contribution is 7.99. The van der Waals surface area contributed by atoms with Gasteiger partial charge in [0, 0.05) is 31.1 Å². The summed E-state index contributed by atoms with van der Waals surface area (Å²) in [6.07, 6.45) is 0.520. The number of carbonyl (C=O) groups excluding carboxylic acids is 2. The number of methoxy groups -OCH3 is 1. The number of nitrogens with zero attached hydrogens (tertiary/aromatic N) is 3. The van der Waals surface area contributed by atoms with Crippen LogP contribution in [0.5, 0.6) is 5.75 Å². The van der Waals surface area contributed by atoms with Gasteiger partial charge in [-0.15, -0.1) is 10.2 Å². The van der Waals surface area contributed by atoms with Gasteiger partial charge in [0.25, 0.3) is 0 Å². The van der Waals surface area contributed by atoms with E-state index in [-0.39, 0.29) is 17.4 Å². The van der Waals surface area contributed by atoms with E-state index in [4.69, 9.17) is 4.74 Å². The van der Waals surface area contributed by atoms with Gasteiger partial charge in [-0.25, -0.2) is 0 Å². The molecule has 8 heteroatoms. The molecule has 0 spiro atoms. The van der Waals surface area contributed by atoms with E-state index < -0.39 is 0 Å². The topological polar surface area (TPSA) is 86.1 Å². The predicted molar refractivity (Wildman–Crippen MR) is 112 cm³/mol. The van der Waals surface area contributed by atoms with Crippen molar-refractivity contribution in [2.75, 3.05) is 19.4 Å². The Hall–Kier alpha value is -3.13. The fourth-order valence-electron chi connectivity index (χ4n) is 2.73.